The van der Waals surface area contributed by atoms with Gasteiger partial charge in [0.1, 0.15) is 11.5 Å². The molecule has 72 valence electrons. The van der Waals surface area contributed by atoms with E-state index in [0.717, 1.165) is 5.56 Å². The van der Waals surface area contributed by atoms with E-state index >= 15 is 0 Å². The number of hydrogen-bond acceptors (Lipinski definition) is 3. The summed E-state index contributed by atoms with van der Waals surface area (Å²) in [6.07, 6.45) is 0. The number of hydrogen-bond donors (Lipinski definition) is 2. The Bertz CT molecular complexity index is 302. The molecule has 0 atom stereocenters. The lowest BCUT2D eigenvalue weighted by molar-refractivity contribution is 0.445. The fraction of sp³-hybridized carbons (Fsp3) is 0.400. The zero-order chi connectivity index (χ0) is 10.1. The van der Waals surface area contributed by atoms with Crippen LogP contribution < -0.4 is 4.18 Å². The molecule has 0 aliphatic heterocycles. The Labute approximate surface area is 84.2 Å². The Morgan fingerprint density at radius 1 is 1.31 bits per heavy atom. The number of phenolic OH excluding ortho intramolecular Hbond substituents is 1. The van der Waals surface area contributed by atoms with Crippen LogP contribution in [0.4, 0.5) is 0 Å². The van der Waals surface area contributed by atoms with Crippen molar-refractivity contribution in [1.82, 2.24) is 0 Å². The summed E-state index contributed by atoms with van der Waals surface area (Å²) < 4.78 is 4.79. The third-order valence-corrected chi connectivity index (χ3v) is 2.09. The van der Waals surface area contributed by atoms with Gasteiger partial charge in [-0.3, -0.25) is 0 Å². The summed E-state index contributed by atoms with van der Waals surface area (Å²) in [6.45, 7) is 6.10. The predicted molar refractivity (Wildman–Crippen MR) is 56.4 cm³/mol. The van der Waals surface area contributed by atoms with Crippen molar-refractivity contribution in [2.45, 2.75) is 26.2 Å². The average Bonchev–Trinajstić information content (AvgIpc) is 2.03. The van der Waals surface area contributed by atoms with Crippen LogP contribution in [0.3, 0.4) is 0 Å². The Morgan fingerprint density at radius 3 is 2.38 bits per heavy atom. The van der Waals surface area contributed by atoms with Gasteiger partial charge in [0, 0.05) is 18.5 Å². The number of thiol groups is 1. The highest BCUT2D eigenvalue weighted by Gasteiger charge is 2.18. The number of rotatable bonds is 1. The molecule has 0 unspecified atom stereocenters. The molecular weight excluding hydrogens is 184 g/mol. The maximum Gasteiger partial charge on any atom is 0.137 e. The molecular formula is C10H14O2S. The lowest BCUT2D eigenvalue weighted by Crippen LogP contribution is -2.11. The normalized spacial score (nSPS) is 11.4. The minimum Gasteiger partial charge on any atom is -0.508 e. The monoisotopic (exact) mass is 198 g/mol. The third-order valence-electron chi connectivity index (χ3n) is 1.88. The summed E-state index contributed by atoms with van der Waals surface area (Å²) in [5, 5.41) is 9.59. The molecule has 13 heavy (non-hydrogen) atoms. The van der Waals surface area contributed by atoms with Gasteiger partial charge in [-0.05, 0) is 23.6 Å². The van der Waals surface area contributed by atoms with E-state index in [2.05, 4.69) is 12.9 Å². The van der Waals surface area contributed by atoms with Crippen molar-refractivity contribution in [2.75, 3.05) is 0 Å². The van der Waals surface area contributed by atoms with Gasteiger partial charge in [-0.2, -0.15) is 0 Å². The summed E-state index contributed by atoms with van der Waals surface area (Å²) >= 11 is 3.71. The molecule has 0 amide bonds. The van der Waals surface area contributed by atoms with Gasteiger partial charge in [0.05, 0.1) is 0 Å². The van der Waals surface area contributed by atoms with Crippen molar-refractivity contribution in [1.29, 1.82) is 0 Å². The summed E-state index contributed by atoms with van der Waals surface area (Å²) in [5.74, 6) is 0.938. The zero-order valence-corrected chi connectivity index (χ0v) is 8.93. The van der Waals surface area contributed by atoms with E-state index < -0.39 is 0 Å². The van der Waals surface area contributed by atoms with Crippen LogP contribution in [0.25, 0.3) is 0 Å². The van der Waals surface area contributed by atoms with E-state index in [1.165, 1.54) is 0 Å². The molecule has 3 heteroatoms. The fourth-order valence-corrected chi connectivity index (χ4v) is 1.29. The van der Waals surface area contributed by atoms with Crippen LogP contribution in [0.2, 0.25) is 0 Å². The molecule has 1 N–H and O–H groups in total. The number of aromatic hydroxyl groups is 1. The van der Waals surface area contributed by atoms with Gasteiger partial charge < -0.3 is 9.29 Å². The topological polar surface area (TPSA) is 29.5 Å². The third kappa shape index (κ3) is 2.31. The lowest BCUT2D eigenvalue weighted by atomic mass is 9.86. The van der Waals surface area contributed by atoms with Crippen molar-refractivity contribution in [3.05, 3.63) is 23.8 Å². The minimum absolute atomic E-state index is 0.0909. The Morgan fingerprint density at radius 2 is 1.92 bits per heavy atom. The van der Waals surface area contributed by atoms with Gasteiger partial charge in [-0.1, -0.05) is 20.8 Å². The van der Waals surface area contributed by atoms with Gasteiger partial charge in [0.2, 0.25) is 0 Å². The van der Waals surface area contributed by atoms with Crippen LogP contribution in [0, 0.1) is 0 Å². The van der Waals surface area contributed by atoms with Crippen LogP contribution in [-0.4, -0.2) is 5.11 Å². The molecule has 0 saturated carbocycles. The second kappa shape index (κ2) is 3.50. The van der Waals surface area contributed by atoms with E-state index in [9.17, 15) is 5.11 Å². The van der Waals surface area contributed by atoms with Gasteiger partial charge in [0.25, 0.3) is 0 Å². The van der Waals surface area contributed by atoms with Crippen molar-refractivity contribution in [3.8, 4) is 11.5 Å². The molecule has 0 bridgehead atoms. The van der Waals surface area contributed by atoms with Crippen molar-refractivity contribution in [3.63, 3.8) is 0 Å². The first-order valence-electron chi connectivity index (χ1n) is 4.10. The highest BCUT2D eigenvalue weighted by molar-refractivity contribution is 7.75. The highest BCUT2D eigenvalue weighted by atomic mass is 32.1. The second-order valence-corrected chi connectivity index (χ2v) is 4.20. The molecule has 1 rings (SSSR count). The van der Waals surface area contributed by atoms with Crippen molar-refractivity contribution >= 4 is 12.9 Å². The van der Waals surface area contributed by atoms with Gasteiger partial charge in [0.15, 0.2) is 0 Å². The van der Waals surface area contributed by atoms with Crippen LogP contribution in [0.15, 0.2) is 18.2 Å². The first kappa shape index (κ1) is 10.3. The van der Waals surface area contributed by atoms with Crippen molar-refractivity contribution < 1.29 is 9.29 Å². The first-order chi connectivity index (χ1) is 5.95. The van der Waals surface area contributed by atoms with Crippen LogP contribution in [-0.2, 0) is 5.41 Å². The van der Waals surface area contributed by atoms with Crippen LogP contribution in [0.1, 0.15) is 26.3 Å². The maximum absolute atomic E-state index is 9.59. The molecule has 1 aromatic rings. The summed E-state index contributed by atoms with van der Waals surface area (Å²) in [7, 11) is 0. The SMILES string of the molecule is CC(C)(C)c1cc(OS)ccc1O. The molecule has 0 aliphatic rings. The van der Waals surface area contributed by atoms with Crippen molar-refractivity contribution in [2.24, 2.45) is 0 Å². The summed E-state index contributed by atoms with van der Waals surface area (Å²) in [5.41, 5.74) is 0.769. The molecule has 0 heterocycles. The number of benzene rings is 1. The van der Waals surface area contributed by atoms with E-state index in [4.69, 9.17) is 4.18 Å². The molecule has 2 nitrogen and oxygen atoms in total. The average molecular weight is 198 g/mol. The lowest BCUT2D eigenvalue weighted by Gasteiger charge is -2.20. The molecule has 0 fully saturated rings. The van der Waals surface area contributed by atoms with E-state index in [1.807, 2.05) is 20.8 Å². The van der Waals surface area contributed by atoms with E-state index in [-0.39, 0.29) is 5.41 Å². The van der Waals surface area contributed by atoms with Crippen LogP contribution in [0.5, 0.6) is 11.5 Å². The summed E-state index contributed by atoms with van der Waals surface area (Å²) in [4.78, 5) is 0. The predicted octanol–water partition coefficient (Wildman–Crippen LogP) is 2.91. The quantitative estimate of drug-likeness (QED) is 0.536. The standard InChI is InChI=1S/C10H14O2S/c1-10(2,3)8-6-7(12-13)4-5-9(8)11/h4-6,11,13H,1-3H3. The minimum atomic E-state index is -0.0909. The van der Waals surface area contributed by atoms with E-state index in [1.54, 1.807) is 18.2 Å². The van der Waals surface area contributed by atoms with E-state index in [0.29, 0.717) is 11.5 Å². The first-order valence-corrected chi connectivity index (χ1v) is 4.46. The highest BCUT2D eigenvalue weighted by Crippen LogP contribution is 2.33. The largest absolute Gasteiger partial charge is 0.508 e. The van der Waals surface area contributed by atoms with Gasteiger partial charge >= 0.3 is 0 Å². The molecule has 0 saturated heterocycles. The molecule has 0 aromatic heterocycles. The maximum atomic E-state index is 9.59. The Balaban J connectivity index is 3.19. The molecule has 1 aromatic carbocycles. The zero-order valence-electron chi connectivity index (χ0n) is 8.03. The fourth-order valence-electron chi connectivity index (χ4n) is 1.17. The van der Waals surface area contributed by atoms with Crippen LogP contribution >= 0.6 is 12.9 Å². The Hall–Kier alpha value is -0.830. The second-order valence-electron chi connectivity index (χ2n) is 4.02. The summed E-state index contributed by atoms with van der Waals surface area (Å²) in [6, 6.07) is 5.09. The smallest absolute Gasteiger partial charge is 0.137 e. The van der Waals surface area contributed by atoms with Gasteiger partial charge in [-0.25, -0.2) is 0 Å². The van der Waals surface area contributed by atoms with Gasteiger partial charge in [-0.15, -0.1) is 0 Å². The number of phenols is 1. The molecule has 0 radical (unpaired) electrons. The Kier molecular flexibility index (Phi) is 2.76. The molecule has 0 spiro atoms. The molecule has 0 aliphatic carbocycles.